The molecule has 1 aromatic rings. The highest BCUT2D eigenvalue weighted by molar-refractivity contribution is 5.73. The van der Waals surface area contributed by atoms with Gasteiger partial charge in [-0.2, -0.15) is 5.26 Å². The zero-order valence-electron chi connectivity index (χ0n) is 11.3. The summed E-state index contributed by atoms with van der Waals surface area (Å²) in [7, 11) is 0. The Morgan fingerprint density at radius 1 is 1.53 bits per heavy atom. The molecule has 0 amide bonds. The van der Waals surface area contributed by atoms with E-state index in [1.165, 1.54) is 0 Å². The van der Waals surface area contributed by atoms with E-state index in [1.54, 1.807) is 18.2 Å². The van der Waals surface area contributed by atoms with Gasteiger partial charge in [0.05, 0.1) is 5.56 Å². The quantitative estimate of drug-likeness (QED) is 0.860. The van der Waals surface area contributed by atoms with E-state index >= 15 is 0 Å². The molecule has 1 aromatic carbocycles. The summed E-state index contributed by atoms with van der Waals surface area (Å²) >= 11 is 0. The maximum atomic E-state index is 10.7. The summed E-state index contributed by atoms with van der Waals surface area (Å²) in [5, 5.41) is 17.8. The molecule has 0 bridgehead atoms. The van der Waals surface area contributed by atoms with Crippen LogP contribution in [0.3, 0.4) is 0 Å². The van der Waals surface area contributed by atoms with Gasteiger partial charge in [-0.25, -0.2) is 0 Å². The van der Waals surface area contributed by atoms with Crippen LogP contribution in [0.1, 0.15) is 31.9 Å². The first-order valence-electron chi connectivity index (χ1n) is 5.93. The first-order chi connectivity index (χ1) is 8.73. The molecule has 1 atom stereocenters. The van der Waals surface area contributed by atoms with Crippen molar-refractivity contribution in [3.8, 4) is 11.8 Å². The van der Waals surface area contributed by atoms with Crippen LogP contribution in [0.15, 0.2) is 18.2 Å². The zero-order chi connectivity index (χ0) is 14.6. The molecule has 102 valence electrons. The number of benzene rings is 1. The highest BCUT2D eigenvalue weighted by Gasteiger charge is 2.17. The van der Waals surface area contributed by atoms with Gasteiger partial charge in [0, 0.05) is 0 Å². The maximum absolute atomic E-state index is 10.7. The number of ether oxygens (including phenoxy) is 1. The van der Waals surface area contributed by atoms with Crippen LogP contribution in [-0.2, 0) is 11.2 Å². The van der Waals surface area contributed by atoms with Crippen molar-refractivity contribution in [2.45, 2.75) is 38.8 Å². The van der Waals surface area contributed by atoms with Gasteiger partial charge in [0.1, 0.15) is 23.5 Å². The van der Waals surface area contributed by atoms with Gasteiger partial charge in [-0.1, -0.05) is 6.07 Å². The second kappa shape index (κ2) is 5.72. The highest BCUT2D eigenvalue weighted by Crippen LogP contribution is 2.24. The molecule has 19 heavy (non-hydrogen) atoms. The third kappa shape index (κ3) is 4.60. The molecule has 0 saturated carbocycles. The molecule has 0 aromatic heterocycles. The van der Waals surface area contributed by atoms with Crippen molar-refractivity contribution in [3.63, 3.8) is 0 Å². The SMILES string of the molecule is CC(C)(C)Oc1cc(C[C@H](N)C(=O)O)ccc1C#N. The average molecular weight is 262 g/mol. The third-order valence-electron chi connectivity index (χ3n) is 2.36. The van der Waals surface area contributed by atoms with Crippen LogP contribution >= 0.6 is 0 Å². The van der Waals surface area contributed by atoms with Gasteiger partial charge in [0.15, 0.2) is 0 Å². The van der Waals surface area contributed by atoms with Gasteiger partial charge in [0.25, 0.3) is 0 Å². The standard InChI is InChI=1S/C14H18N2O3/c1-14(2,3)19-12-7-9(4-5-10(12)8-15)6-11(16)13(17)18/h4-5,7,11H,6,16H2,1-3H3,(H,17,18)/t11-/m0/s1. The van der Waals surface area contributed by atoms with Crippen LogP contribution in [0.25, 0.3) is 0 Å². The van der Waals surface area contributed by atoms with Gasteiger partial charge in [0.2, 0.25) is 0 Å². The molecule has 0 saturated heterocycles. The molecule has 0 radical (unpaired) electrons. The lowest BCUT2D eigenvalue weighted by atomic mass is 10.0. The number of hydrogen-bond donors (Lipinski definition) is 2. The lowest BCUT2D eigenvalue weighted by Crippen LogP contribution is -2.32. The topological polar surface area (TPSA) is 96.3 Å². The molecule has 0 aliphatic carbocycles. The van der Waals surface area contributed by atoms with Crippen molar-refractivity contribution in [1.82, 2.24) is 0 Å². The summed E-state index contributed by atoms with van der Waals surface area (Å²) in [6.07, 6.45) is 0.196. The number of carboxylic acids is 1. The lowest BCUT2D eigenvalue weighted by molar-refractivity contribution is -0.138. The van der Waals surface area contributed by atoms with Gasteiger partial charge in [-0.3, -0.25) is 4.79 Å². The van der Waals surface area contributed by atoms with Crippen molar-refractivity contribution < 1.29 is 14.6 Å². The first-order valence-corrected chi connectivity index (χ1v) is 5.93. The van der Waals surface area contributed by atoms with Gasteiger partial charge in [-0.15, -0.1) is 0 Å². The van der Waals surface area contributed by atoms with Crippen molar-refractivity contribution in [2.75, 3.05) is 0 Å². The lowest BCUT2D eigenvalue weighted by Gasteiger charge is -2.22. The summed E-state index contributed by atoms with van der Waals surface area (Å²) in [6, 6.07) is 6.07. The number of nitrogens with zero attached hydrogens (tertiary/aromatic N) is 1. The van der Waals surface area contributed by atoms with Gasteiger partial charge >= 0.3 is 5.97 Å². The van der Waals surface area contributed by atoms with Gasteiger partial charge in [-0.05, 0) is 44.9 Å². The number of aliphatic carboxylic acids is 1. The minimum atomic E-state index is -1.05. The fourth-order valence-electron chi connectivity index (χ4n) is 1.54. The van der Waals surface area contributed by atoms with Crippen molar-refractivity contribution in [1.29, 1.82) is 5.26 Å². The Balaban J connectivity index is 3.02. The molecule has 3 N–H and O–H groups in total. The number of nitriles is 1. The number of nitrogens with two attached hydrogens (primary N) is 1. The predicted molar refractivity (Wildman–Crippen MR) is 70.9 cm³/mol. The number of carboxylic acid groups (broad SMARTS) is 1. The number of hydrogen-bond acceptors (Lipinski definition) is 4. The van der Waals surface area contributed by atoms with Crippen LogP contribution in [-0.4, -0.2) is 22.7 Å². The minimum absolute atomic E-state index is 0.196. The smallest absolute Gasteiger partial charge is 0.320 e. The van der Waals surface area contributed by atoms with Crippen LogP contribution < -0.4 is 10.5 Å². The zero-order valence-corrected chi connectivity index (χ0v) is 11.3. The second-order valence-electron chi connectivity index (χ2n) is 5.31. The predicted octanol–water partition coefficient (Wildman–Crippen LogP) is 1.69. The summed E-state index contributed by atoms with van der Waals surface area (Å²) in [4.78, 5) is 10.7. The van der Waals surface area contributed by atoms with E-state index < -0.39 is 17.6 Å². The van der Waals surface area contributed by atoms with Gasteiger partial charge < -0.3 is 15.6 Å². The van der Waals surface area contributed by atoms with Crippen LogP contribution in [0.4, 0.5) is 0 Å². The monoisotopic (exact) mass is 262 g/mol. The first kappa shape index (κ1) is 15.0. The molecule has 5 nitrogen and oxygen atoms in total. The maximum Gasteiger partial charge on any atom is 0.320 e. The molecule has 0 spiro atoms. The Morgan fingerprint density at radius 3 is 2.63 bits per heavy atom. The molecule has 1 rings (SSSR count). The number of carbonyl (C=O) groups is 1. The van der Waals surface area contributed by atoms with Crippen molar-refractivity contribution in [2.24, 2.45) is 5.73 Å². The summed E-state index contributed by atoms with van der Waals surface area (Å²) in [6.45, 7) is 5.64. The molecule has 0 unspecified atom stereocenters. The van der Waals surface area contributed by atoms with Crippen LogP contribution in [0.2, 0.25) is 0 Å². The minimum Gasteiger partial charge on any atom is -0.487 e. The van der Waals surface area contributed by atoms with Crippen molar-refractivity contribution >= 4 is 5.97 Å². The van der Waals surface area contributed by atoms with Crippen LogP contribution in [0.5, 0.6) is 5.75 Å². The van der Waals surface area contributed by atoms with E-state index in [-0.39, 0.29) is 6.42 Å². The van der Waals surface area contributed by atoms with Crippen LogP contribution in [0, 0.1) is 11.3 Å². The Labute approximate surface area is 112 Å². The highest BCUT2D eigenvalue weighted by atomic mass is 16.5. The van der Waals surface area contributed by atoms with E-state index in [0.717, 1.165) is 5.56 Å². The van der Waals surface area contributed by atoms with E-state index in [2.05, 4.69) is 0 Å². The summed E-state index contributed by atoms with van der Waals surface area (Å²) in [5.41, 5.74) is 6.21. The fraction of sp³-hybridized carbons (Fsp3) is 0.429. The molecule has 0 fully saturated rings. The summed E-state index contributed by atoms with van der Waals surface area (Å²) < 4.78 is 5.70. The second-order valence-corrected chi connectivity index (χ2v) is 5.31. The molecular formula is C14H18N2O3. The van der Waals surface area contributed by atoms with E-state index in [9.17, 15) is 4.79 Å². The fourth-order valence-corrected chi connectivity index (χ4v) is 1.54. The van der Waals surface area contributed by atoms with E-state index in [4.69, 9.17) is 20.8 Å². The Morgan fingerprint density at radius 2 is 2.16 bits per heavy atom. The average Bonchev–Trinajstić information content (AvgIpc) is 2.27. The molecular weight excluding hydrogens is 244 g/mol. The van der Waals surface area contributed by atoms with E-state index in [1.807, 2.05) is 26.8 Å². The molecule has 0 heterocycles. The molecule has 0 aliphatic rings. The molecule has 0 aliphatic heterocycles. The normalized spacial score (nSPS) is 12.6. The Kier molecular flexibility index (Phi) is 4.52. The molecule has 5 heteroatoms. The Hall–Kier alpha value is -2.06. The van der Waals surface area contributed by atoms with E-state index in [0.29, 0.717) is 11.3 Å². The summed E-state index contributed by atoms with van der Waals surface area (Å²) in [5.74, 6) is -0.604. The third-order valence-corrected chi connectivity index (χ3v) is 2.36. The van der Waals surface area contributed by atoms with Crippen molar-refractivity contribution in [3.05, 3.63) is 29.3 Å². The number of rotatable bonds is 4. The Bertz CT molecular complexity index is 512. The largest absolute Gasteiger partial charge is 0.487 e.